The van der Waals surface area contributed by atoms with Gasteiger partial charge in [-0.15, -0.1) is 0 Å². The van der Waals surface area contributed by atoms with Crippen LogP contribution in [0, 0.1) is 5.92 Å². The molecule has 2 aliphatic rings. The predicted octanol–water partition coefficient (Wildman–Crippen LogP) is 2.22. The molecule has 2 aromatic rings. The summed E-state index contributed by atoms with van der Waals surface area (Å²) in [6.45, 7) is 0.821. The third-order valence-electron chi connectivity index (χ3n) is 6.00. The summed E-state index contributed by atoms with van der Waals surface area (Å²) in [5, 5.41) is 10.7. The van der Waals surface area contributed by atoms with Gasteiger partial charge in [-0.2, -0.15) is 16.9 Å². The van der Waals surface area contributed by atoms with Crippen molar-refractivity contribution in [3.8, 4) is 0 Å². The van der Waals surface area contributed by atoms with E-state index in [-0.39, 0.29) is 22.6 Å². The summed E-state index contributed by atoms with van der Waals surface area (Å²) < 4.78 is 28.1. The fourth-order valence-corrected chi connectivity index (χ4v) is 6.46. The van der Waals surface area contributed by atoms with Gasteiger partial charge in [-0.25, -0.2) is 8.42 Å². The van der Waals surface area contributed by atoms with E-state index in [0.717, 1.165) is 10.8 Å². The quantitative estimate of drug-likeness (QED) is 0.700. The number of nitrogens with zero attached hydrogens (tertiary/aromatic N) is 2. The molecule has 2 saturated heterocycles. The molecular weight excluding hydrogens is 424 g/mol. The monoisotopic (exact) mass is 448 g/mol. The molecule has 0 spiro atoms. The van der Waals surface area contributed by atoms with Gasteiger partial charge in [0.1, 0.15) is 6.04 Å². The molecule has 2 atom stereocenters. The molecule has 0 aliphatic carbocycles. The SMILES string of the molecule is O=C(O)C1CCN(C(=O)[C@@H]2C[C@H](S)CN2S(=O)(=O)c2ccc3ccccc3c2)CC1. The number of rotatable bonds is 4. The third-order valence-corrected chi connectivity index (χ3v) is 8.25. The average Bonchev–Trinajstić information content (AvgIpc) is 3.15. The molecule has 0 aromatic heterocycles. The lowest BCUT2D eigenvalue weighted by molar-refractivity contribution is -0.146. The average molecular weight is 449 g/mol. The van der Waals surface area contributed by atoms with Crippen molar-refractivity contribution in [2.75, 3.05) is 19.6 Å². The molecule has 0 saturated carbocycles. The summed E-state index contributed by atoms with van der Waals surface area (Å²) in [5.41, 5.74) is 0. The Kier molecular flexibility index (Phi) is 5.78. The highest BCUT2D eigenvalue weighted by atomic mass is 32.2. The Labute approximate surface area is 181 Å². The van der Waals surface area contributed by atoms with E-state index in [4.69, 9.17) is 5.11 Å². The van der Waals surface area contributed by atoms with E-state index in [2.05, 4.69) is 12.6 Å². The molecule has 9 heteroatoms. The number of benzene rings is 2. The number of likely N-dealkylation sites (tertiary alicyclic amines) is 1. The number of amides is 1. The van der Waals surface area contributed by atoms with Crippen LogP contribution >= 0.6 is 12.6 Å². The summed E-state index contributed by atoms with van der Waals surface area (Å²) in [7, 11) is -3.88. The van der Waals surface area contributed by atoms with E-state index in [1.165, 1.54) is 4.31 Å². The molecule has 2 aromatic carbocycles. The van der Waals surface area contributed by atoms with Crippen LogP contribution in [0.15, 0.2) is 47.4 Å². The number of carbonyl (C=O) groups excluding carboxylic acids is 1. The lowest BCUT2D eigenvalue weighted by Crippen LogP contribution is -2.50. The van der Waals surface area contributed by atoms with Crippen molar-refractivity contribution in [3.05, 3.63) is 42.5 Å². The first-order chi connectivity index (χ1) is 14.3. The molecule has 1 N–H and O–H groups in total. The van der Waals surface area contributed by atoms with Crippen LogP contribution < -0.4 is 0 Å². The number of carboxylic acid groups (broad SMARTS) is 1. The molecule has 7 nitrogen and oxygen atoms in total. The van der Waals surface area contributed by atoms with Gasteiger partial charge in [0.15, 0.2) is 0 Å². The zero-order chi connectivity index (χ0) is 21.5. The largest absolute Gasteiger partial charge is 0.481 e. The molecule has 2 heterocycles. The van der Waals surface area contributed by atoms with E-state index in [9.17, 15) is 18.0 Å². The Hall–Kier alpha value is -2.10. The Balaban J connectivity index is 1.58. The van der Waals surface area contributed by atoms with Crippen LogP contribution in [0.1, 0.15) is 19.3 Å². The number of piperidine rings is 1. The van der Waals surface area contributed by atoms with Gasteiger partial charge in [-0.05, 0) is 42.2 Å². The molecule has 1 amide bonds. The summed E-state index contributed by atoms with van der Waals surface area (Å²) in [6.07, 6.45) is 1.11. The van der Waals surface area contributed by atoms with E-state index in [1.807, 2.05) is 24.3 Å². The van der Waals surface area contributed by atoms with Gasteiger partial charge in [0, 0.05) is 24.9 Å². The first-order valence-corrected chi connectivity index (χ1v) is 11.9. The highest BCUT2D eigenvalue weighted by Crippen LogP contribution is 2.32. The molecule has 160 valence electrons. The van der Waals surface area contributed by atoms with Gasteiger partial charge in [0.2, 0.25) is 15.9 Å². The zero-order valence-electron chi connectivity index (χ0n) is 16.3. The molecule has 4 rings (SSSR count). The van der Waals surface area contributed by atoms with Crippen molar-refractivity contribution < 1.29 is 23.1 Å². The second-order valence-electron chi connectivity index (χ2n) is 7.93. The van der Waals surface area contributed by atoms with Crippen LogP contribution in [-0.4, -0.2) is 65.5 Å². The van der Waals surface area contributed by atoms with Gasteiger partial charge in [-0.3, -0.25) is 9.59 Å². The summed E-state index contributed by atoms with van der Waals surface area (Å²) in [6, 6.07) is 11.7. The van der Waals surface area contributed by atoms with Crippen LogP contribution in [-0.2, 0) is 19.6 Å². The van der Waals surface area contributed by atoms with Crippen LogP contribution in [0.2, 0.25) is 0 Å². The molecule has 2 fully saturated rings. The number of carboxylic acids is 1. The van der Waals surface area contributed by atoms with Crippen molar-refractivity contribution in [1.29, 1.82) is 0 Å². The number of thiol groups is 1. The van der Waals surface area contributed by atoms with Crippen molar-refractivity contribution in [2.45, 2.75) is 35.4 Å². The first-order valence-electron chi connectivity index (χ1n) is 9.97. The van der Waals surface area contributed by atoms with Crippen LogP contribution in [0.3, 0.4) is 0 Å². The minimum Gasteiger partial charge on any atom is -0.481 e. The lowest BCUT2D eigenvalue weighted by Gasteiger charge is -2.34. The van der Waals surface area contributed by atoms with E-state index in [1.54, 1.807) is 23.1 Å². The topological polar surface area (TPSA) is 95.0 Å². The van der Waals surface area contributed by atoms with E-state index < -0.39 is 28.0 Å². The van der Waals surface area contributed by atoms with Gasteiger partial charge in [-0.1, -0.05) is 30.3 Å². The van der Waals surface area contributed by atoms with Crippen molar-refractivity contribution >= 4 is 45.3 Å². The van der Waals surface area contributed by atoms with Crippen molar-refractivity contribution in [1.82, 2.24) is 9.21 Å². The maximum Gasteiger partial charge on any atom is 0.306 e. The summed E-state index contributed by atoms with van der Waals surface area (Å²) in [4.78, 5) is 26.1. The van der Waals surface area contributed by atoms with Crippen molar-refractivity contribution in [2.24, 2.45) is 5.92 Å². The molecular formula is C21H24N2O5S2. The second-order valence-corrected chi connectivity index (χ2v) is 10.5. The minimum absolute atomic E-state index is 0.158. The number of fused-ring (bicyclic) bond motifs is 1. The summed E-state index contributed by atoms with van der Waals surface area (Å²) in [5.74, 6) is -1.56. The molecule has 0 unspecified atom stereocenters. The minimum atomic E-state index is -3.88. The predicted molar refractivity (Wildman–Crippen MR) is 116 cm³/mol. The highest BCUT2D eigenvalue weighted by molar-refractivity contribution is 7.89. The number of carbonyl (C=O) groups is 2. The van der Waals surface area contributed by atoms with E-state index in [0.29, 0.717) is 32.4 Å². The maximum atomic E-state index is 13.4. The van der Waals surface area contributed by atoms with Gasteiger partial charge < -0.3 is 10.0 Å². The molecule has 30 heavy (non-hydrogen) atoms. The number of sulfonamides is 1. The first kappa shape index (κ1) is 21.1. The van der Waals surface area contributed by atoms with Crippen LogP contribution in [0.5, 0.6) is 0 Å². The molecule has 0 radical (unpaired) electrons. The van der Waals surface area contributed by atoms with Gasteiger partial charge >= 0.3 is 5.97 Å². The van der Waals surface area contributed by atoms with Gasteiger partial charge in [0.25, 0.3) is 0 Å². The number of aliphatic carboxylic acids is 1. The Morgan fingerprint density at radius 3 is 2.37 bits per heavy atom. The number of hydrogen-bond donors (Lipinski definition) is 2. The Morgan fingerprint density at radius 2 is 1.70 bits per heavy atom. The van der Waals surface area contributed by atoms with Crippen LogP contribution in [0.4, 0.5) is 0 Å². The fourth-order valence-electron chi connectivity index (χ4n) is 4.30. The fraction of sp³-hybridized carbons (Fsp3) is 0.429. The third kappa shape index (κ3) is 3.93. The van der Waals surface area contributed by atoms with Crippen molar-refractivity contribution in [3.63, 3.8) is 0 Å². The lowest BCUT2D eigenvalue weighted by atomic mass is 9.96. The molecule has 2 aliphatic heterocycles. The standard InChI is InChI=1S/C21H24N2O5S2/c24-20(22-9-7-15(8-10-22)21(25)26)19-12-17(29)13-23(19)30(27,28)18-6-5-14-3-1-2-4-16(14)11-18/h1-6,11,15,17,19,29H,7-10,12-13H2,(H,25,26)/t17-,19-/m0/s1. The Bertz CT molecular complexity index is 1080. The maximum absolute atomic E-state index is 13.4. The molecule has 0 bridgehead atoms. The normalized spacial score (nSPS) is 23.7. The second kappa shape index (κ2) is 8.20. The summed E-state index contributed by atoms with van der Waals surface area (Å²) >= 11 is 4.46. The van der Waals surface area contributed by atoms with E-state index >= 15 is 0 Å². The zero-order valence-corrected chi connectivity index (χ0v) is 18.1. The Morgan fingerprint density at radius 1 is 1.03 bits per heavy atom. The highest BCUT2D eigenvalue weighted by Gasteiger charge is 2.45. The van der Waals surface area contributed by atoms with Gasteiger partial charge in [0.05, 0.1) is 10.8 Å². The van der Waals surface area contributed by atoms with Crippen LogP contribution in [0.25, 0.3) is 10.8 Å². The number of hydrogen-bond acceptors (Lipinski definition) is 5. The smallest absolute Gasteiger partial charge is 0.306 e.